The number of nitroso groups, excluding NO2 is 1. The van der Waals surface area contributed by atoms with Gasteiger partial charge < -0.3 is 10.1 Å². The summed E-state index contributed by atoms with van der Waals surface area (Å²) in [6.45, 7) is 2.01. The molecule has 1 N–H and O–H groups in total. The van der Waals surface area contributed by atoms with Gasteiger partial charge in [-0.2, -0.15) is 5.01 Å². The van der Waals surface area contributed by atoms with Crippen molar-refractivity contribution < 1.29 is 9.53 Å². The molecular formula is C17H16ClN3O3. The molecule has 0 bridgehead atoms. The van der Waals surface area contributed by atoms with Crippen LogP contribution >= 0.6 is 11.6 Å². The summed E-state index contributed by atoms with van der Waals surface area (Å²) in [6.07, 6.45) is 0. The predicted octanol–water partition coefficient (Wildman–Crippen LogP) is 4.12. The molecule has 6 nitrogen and oxygen atoms in total. The van der Waals surface area contributed by atoms with Crippen LogP contribution in [0.15, 0.2) is 47.8 Å². The lowest BCUT2D eigenvalue weighted by molar-refractivity contribution is 0.199. The summed E-state index contributed by atoms with van der Waals surface area (Å²) in [5.74, 6) is 1.47. The number of rotatable bonds is 4. The van der Waals surface area contributed by atoms with Gasteiger partial charge in [-0.3, -0.25) is 0 Å². The average Bonchev–Trinajstić information content (AvgIpc) is 2.59. The highest BCUT2D eigenvalue weighted by Crippen LogP contribution is 2.43. The van der Waals surface area contributed by atoms with Gasteiger partial charge in [0.05, 0.1) is 17.9 Å². The van der Waals surface area contributed by atoms with E-state index in [1.165, 1.54) is 0 Å². The van der Waals surface area contributed by atoms with Crippen LogP contribution in [0.4, 0.5) is 4.79 Å². The molecule has 1 unspecified atom stereocenters. The predicted molar refractivity (Wildman–Crippen MR) is 91.3 cm³/mol. The van der Waals surface area contributed by atoms with Gasteiger partial charge in [-0.25, -0.2) is 4.79 Å². The van der Waals surface area contributed by atoms with Crippen LogP contribution < -0.4 is 10.1 Å². The third-order valence-corrected chi connectivity index (χ3v) is 3.99. The lowest BCUT2D eigenvalue weighted by atomic mass is 9.93. The van der Waals surface area contributed by atoms with Crippen molar-refractivity contribution in [3.63, 3.8) is 0 Å². The molecule has 3 rings (SSSR count). The number of alkyl halides is 1. The molecule has 0 aromatic heterocycles. The minimum Gasteiger partial charge on any atom is -0.457 e. The highest BCUT2D eigenvalue weighted by molar-refractivity contribution is 6.18. The quantitative estimate of drug-likeness (QED) is 0.514. The molecule has 124 valence electrons. The number of urea groups is 1. The molecule has 0 saturated heterocycles. The van der Waals surface area contributed by atoms with E-state index in [-0.39, 0.29) is 12.4 Å². The maximum atomic E-state index is 12.4. The number of carbonyl (C=O) groups is 1. The standard InChI is InChI=1S/C17H16ClN3O3/c1-11-6-7-15-13(10-11)16(12-4-2-3-5-14(12)24-15)19-17(22)21(20-23)9-8-18/h2-7,10,16H,8-9H2,1H3,(H,19,22). The van der Waals surface area contributed by atoms with E-state index in [1.54, 1.807) is 0 Å². The maximum Gasteiger partial charge on any atom is 0.341 e. The van der Waals surface area contributed by atoms with E-state index < -0.39 is 12.1 Å². The molecule has 0 fully saturated rings. The number of para-hydroxylation sites is 1. The van der Waals surface area contributed by atoms with Gasteiger partial charge in [-0.15, -0.1) is 16.5 Å². The Kier molecular flexibility index (Phi) is 4.66. The summed E-state index contributed by atoms with van der Waals surface area (Å²) in [6, 6.07) is 12.2. The second-order valence-electron chi connectivity index (χ2n) is 5.46. The highest BCUT2D eigenvalue weighted by atomic mass is 35.5. The van der Waals surface area contributed by atoms with Crippen LogP contribution in [0, 0.1) is 11.8 Å². The number of carbonyl (C=O) groups excluding carboxylic acids is 1. The van der Waals surface area contributed by atoms with Crippen molar-refractivity contribution in [1.29, 1.82) is 0 Å². The number of aryl methyl sites for hydroxylation is 1. The van der Waals surface area contributed by atoms with E-state index in [9.17, 15) is 9.70 Å². The number of nitrogens with one attached hydrogen (secondary N) is 1. The molecule has 0 saturated carbocycles. The van der Waals surface area contributed by atoms with Gasteiger partial charge in [0, 0.05) is 17.0 Å². The molecule has 1 heterocycles. The van der Waals surface area contributed by atoms with Gasteiger partial charge in [0.1, 0.15) is 11.5 Å². The zero-order chi connectivity index (χ0) is 17.1. The summed E-state index contributed by atoms with van der Waals surface area (Å²) >= 11 is 5.60. The Balaban J connectivity index is 1.98. The van der Waals surface area contributed by atoms with E-state index >= 15 is 0 Å². The van der Waals surface area contributed by atoms with Crippen molar-refractivity contribution in [2.45, 2.75) is 13.0 Å². The van der Waals surface area contributed by atoms with E-state index in [0.717, 1.165) is 21.7 Å². The smallest absolute Gasteiger partial charge is 0.341 e. The Morgan fingerprint density at radius 3 is 2.75 bits per heavy atom. The lowest BCUT2D eigenvalue weighted by Gasteiger charge is -2.29. The number of benzene rings is 2. The second-order valence-corrected chi connectivity index (χ2v) is 5.84. The minimum absolute atomic E-state index is 0.0441. The monoisotopic (exact) mass is 345 g/mol. The van der Waals surface area contributed by atoms with Crippen molar-refractivity contribution >= 4 is 17.6 Å². The van der Waals surface area contributed by atoms with Crippen LogP contribution in [0.3, 0.4) is 0 Å². The molecule has 2 amide bonds. The Labute approximate surface area is 144 Å². The van der Waals surface area contributed by atoms with Crippen LogP contribution in [-0.2, 0) is 0 Å². The van der Waals surface area contributed by atoms with E-state index in [2.05, 4.69) is 10.6 Å². The van der Waals surface area contributed by atoms with Gasteiger partial charge in [-0.1, -0.05) is 29.8 Å². The third kappa shape index (κ3) is 3.05. The number of nitrogens with zero attached hydrogens (tertiary/aromatic N) is 2. The Bertz CT molecular complexity index is 781. The van der Waals surface area contributed by atoms with Crippen LogP contribution in [0.1, 0.15) is 22.7 Å². The summed E-state index contributed by atoms with van der Waals surface area (Å²) < 4.78 is 5.91. The molecule has 1 aliphatic heterocycles. The second kappa shape index (κ2) is 6.88. The molecule has 0 radical (unpaired) electrons. The van der Waals surface area contributed by atoms with Crippen molar-refractivity contribution in [2.75, 3.05) is 12.4 Å². The molecule has 1 aliphatic rings. The Morgan fingerprint density at radius 1 is 1.25 bits per heavy atom. The summed E-state index contributed by atoms with van der Waals surface area (Å²) in [4.78, 5) is 23.2. The molecule has 0 spiro atoms. The van der Waals surface area contributed by atoms with Gasteiger partial charge in [0.15, 0.2) is 0 Å². The third-order valence-electron chi connectivity index (χ3n) is 3.82. The van der Waals surface area contributed by atoms with Crippen LogP contribution in [0.2, 0.25) is 0 Å². The molecule has 7 heteroatoms. The summed E-state index contributed by atoms with van der Waals surface area (Å²) in [5.41, 5.74) is 2.70. The first kappa shape index (κ1) is 16.3. The first-order chi connectivity index (χ1) is 11.6. The van der Waals surface area contributed by atoms with Crippen LogP contribution in [-0.4, -0.2) is 23.5 Å². The van der Waals surface area contributed by atoms with Crippen molar-refractivity contribution in [2.24, 2.45) is 5.29 Å². The van der Waals surface area contributed by atoms with E-state index in [4.69, 9.17) is 16.3 Å². The number of hydrogen-bond acceptors (Lipinski definition) is 4. The normalized spacial score (nSPS) is 14.8. The van der Waals surface area contributed by atoms with E-state index in [0.29, 0.717) is 11.5 Å². The van der Waals surface area contributed by atoms with Gasteiger partial charge >= 0.3 is 6.03 Å². The topological polar surface area (TPSA) is 71.0 Å². The molecule has 1 atom stereocenters. The van der Waals surface area contributed by atoms with Crippen molar-refractivity contribution in [1.82, 2.24) is 10.3 Å². The fourth-order valence-corrected chi connectivity index (χ4v) is 2.86. The molecule has 2 aromatic rings. The zero-order valence-electron chi connectivity index (χ0n) is 13.0. The minimum atomic E-state index is -0.597. The van der Waals surface area contributed by atoms with Gasteiger partial charge in [0.25, 0.3) is 0 Å². The lowest BCUT2D eigenvalue weighted by Crippen LogP contribution is -2.40. The number of halogens is 1. The largest absolute Gasteiger partial charge is 0.457 e. The molecule has 0 aliphatic carbocycles. The first-order valence-electron chi connectivity index (χ1n) is 7.48. The maximum absolute atomic E-state index is 12.4. The van der Waals surface area contributed by atoms with Crippen LogP contribution in [0.25, 0.3) is 0 Å². The van der Waals surface area contributed by atoms with Crippen LogP contribution in [0.5, 0.6) is 11.5 Å². The van der Waals surface area contributed by atoms with Gasteiger partial charge in [-0.05, 0) is 25.1 Å². The molecular weight excluding hydrogens is 330 g/mol. The average molecular weight is 346 g/mol. The highest BCUT2D eigenvalue weighted by Gasteiger charge is 2.30. The molecule has 2 aromatic carbocycles. The fourth-order valence-electron chi connectivity index (χ4n) is 2.70. The number of fused-ring (bicyclic) bond motifs is 2. The number of amides is 2. The van der Waals surface area contributed by atoms with Gasteiger partial charge in [0.2, 0.25) is 0 Å². The SMILES string of the molecule is Cc1ccc2c(c1)C(NC(=O)N(CCCl)N=O)c1ccccc1O2. The number of hydrogen-bond donors (Lipinski definition) is 1. The first-order valence-corrected chi connectivity index (χ1v) is 8.02. The summed E-state index contributed by atoms with van der Waals surface area (Å²) in [7, 11) is 0. The fraction of sp³-hybridized carbons (Fsp3) is 0.235. The van der Waals surface area contributed by atoms with Crippen molar-refractivity contribution in [3.8, 4) is 11.5 Å². The Hall–Kier alpha value is -2.60. The van der Waals surface area contributed by atoms with Crippen molar-refractivity contribution in [3.05, 3.63) is 64.1 Å². The number of ether oxygens (including phenoxy) is 1. The summed E-state index contributed by atoms with van der Waals surface area (Å²) in [5, 5.41) is 6.36. The Morgan fingerprint density at radius 2 is 2.00 bits per heavy atom. The molecule has 24 heavy (non-hydrogen) atoms. The zero-order valence-corrected chi connectivity index (χ0v) is 13.8. The van der Waals surface area contributed by atoms with E-state index in [1.807, 2.05) is 49.4 Å².